The molecule has 10 heterocycles. The molecule has 0 aliphatic carbocycles. The number of hydrogen-bond donors (Lipinski definition) is 3. The first-order valence-electron chi connectivity index (χ1n) is 26.1. The van der Waals surface area contributed by atoms with E-state index in [0.29, 0.717) is 18.8 Å². The fraction of sp³-hybridized carbons (Fsp3) is 0.145. The molecular weight excluding hydrogens is 1110 g/mol. The minimum Gasteiger partial charge on any atom is -0.394 e. The number of nitrogens with zero attached hydrogens (tertiary/aromatic N) is 12. The number of aromatic amines is 1. The second-order valence-electron chi connectivity index (χ2n) is 18.7. The second-order valence-corrected chi connectivity index (χ2v) is 18.7. The smallest absolute Gasteiger partial charge is 0.330 e. The van der Waals surface area contributed by atoms with Crippen LogP contribution in [0.3, 0.4) is 0 Å². The van der Waals surface area contributed by atoms with E-state index in [0.717, 1.165) is 91.0 Å². The summed E-state index contributed by atoms with van der Waals surface area (Å²) in [4.78, 5) is 59.3. The number of aliphatic hydroxyl groups excluding tert-OH is 2. The van der Waals surface area contributed by atoms with Gasteiger partial charge in [-0.15, -0.1) is 5.10 Å². The molecular formula is C62H53N13O5Ru. The van der Waals surface area contributed by atoms with Crippen LogP contribution in [0.2, 0.25) is 0 Å². The maximum atomic E-state index is 12.8. The van der Waals surface area contributed by atoms with Gasteiger partial charge in [-0.05, 0) is 96.8 Å². The topological polar surface area (TPSA) is 230 Å². The zero-order valence-electron chi connectivity index (χ0n) is 43.5. The van der Waals surface area contributed by atoms with Crippen molar-refractivity contribution < 1.29 is 34.4 Å². The van der Waals surface area contributed by atoms with Crippen molar-refractivity contribution in [2.45, 2.75) is 50.8 Å². The van der Waals surface area contributed by atoms with Crippen LogP contribution in [0.4, 0.5) is 0 Å². The van der Waals surface area contributed by atoms with E-state index in [-0.39, 0.29) is 31.5 Å². The van der Waals surface area contributed by atoms with E-state index in [1.807, 2.05) is 109 Å². The number of ether oxygens (including phenoxy) is 1. The molecule has 13 rings (SSSR count). The number of H-pyrrole nitrogens is 1. The Bertz CT molecular complexity index is 4000. The number of benzene rings is 3. The predicted octanol–water partition coefficient (Wildman–Crippen LogP) is 9.48. The molecule has 9 aromatic heterocycles. The Morgan fingerprint density at radius 3 is 1.69 bits per heavy atom. The third kappa shape index (κ3) is 12.7. The van der Waals surface area contributed by atoms with Gasteiger partial charge in [-0.3, -0.25) is 48.9 Å². The van der Waals surface area contributed by atoms with Gasteiger partial charge in [0.05, 0.1) is 69.3 Å². The Kier molecular flexibility index (Phi) is 17.7. The maximum absolute atomic E-state index is 12.8. The van der Waals surface area contributed by atoms with Crippen molar-refractivity contribution in [3.63, 3.8) is 0 Å². The number of pyridine rings is 6. The monoisotopic (exact) mass is 1160 g/mol. The number of fused-ring (bicyclic) bond motifs is 6. The van der Waals surface area contributed by atoms with Crippen LogP contribution in [0, 0.1) is 0 Å². The van der Waals surface area contributed by atoms with Gasteiger partial charge < -0.3 is 19.5 Å². The van der Waals surface area contributed by atoms with Crippen LogP contribution in [0.15, 0.2) is 211 Å². The van der Waals surface area contributed by atoms with Crippen LogP contribution in [-0.2, 0) is 37.3 Å². The molecule has 0 saturated carbocycles. The Hall–Kier alpha value is -9.39. The molecule has 0 radical (unpaired) electrons. The van der Waals surface area contributed by atoms with Crippen LogP contribution in [0.25, 0.3) is 90.4 Å². The van der Waals surface area contributed by atoms with Crippen LogP contribution < -0.4 is 11.2 Å². The molecule has 0 amide bonds. The van der Waals surface area contributed by atoms with Gasteiger partial charge in [-0.25, -0.2) is 9.78 Å². The Morgan fingerprint density at radius 2 is 1.12 bits per heavy atom. The normalized spacial score (nSPS) is 14.8. The summed E-state index contributed by atoms with van der Waals surface area (Å²) in [6.45, 7) is 0.795. The average Bonchev–Trinajstić information content (AvgIpc) is 4.28. The summed E-state index contributed by atoms with van der Waals surface area (Å²) < 4.78 is 10.8. The number of imidazole rings is 1. The minimum absolute atomic E-state index is 0. The first-order valence-corrected chi connectivity index (χ1v) is 26.1. The van der Waals surface area contributed by atoms with Gasteiger partial charge in [0.1, 0.15) is 23.9 Å². The minimum atomic E-state index is -0.940. The van der Waals surface area contributed by atoms with E-state index in [1.54, 1.807) is 48.1 Å². The summed E-state index contributed by atoms with van der Waals surface area (Å²) in [6, 6.07) is 49.8. The number of aryl methyl sites for hydroxylation is 2. The third-order valence-electron chi connectivity index (χ3n) is 13.4. The molecule has 0 bridgehead atoms. The number of aliphatic hydroxyl groups is 2. The summed E-state index contributed by atoms with van der Waals surface area (Å²) >= 11 is 0. The standard InChI is InChI=1S/C42H37N9O5.2C10H8N2.Ru/c52-25-34-33(53)22-35(56-34)51-23-31(41(54)46-42(51)55)32-24-49(48-47-32)20-4-5-21-50-39-30-11-7-19-44-37(30)36-29(10-6-18-43-36)38(39)45-40(50)28-16-14-27(15-17-28)13-12-26-8-2-1-3-9-26;2*1-3-7-11-9(5-1)10-6-2-4-8-12-10;/h1-3,6-19,23-24,33-35,52-53H,4-5,20-22,25H2,(H,46,54,55);2*1-8H;/b13-12+;;;/t33-,34?,35+;;;/m1.../s1. The number of hydrogen-bond acceptors (Lipinski definition) is 14. The van der Waals surface area contributed by atoms with Gasteiger partial charge in [0, 0.05) is 98.7 Å². The number of rotatable bonds is 13. The Labute approximate surface area is 477 Å². The van der Waals surface area contributed by atoms with Crippen molar-refractivity contribution in [3.8, 4) is 45.4 Å². The SMILES string of the molecule is O=c1[nH]c(=O)n([C@@H]2C[C@@H](O)C(CO)O2)cc1-c1cn(CCCCn2c(-c3ccc(/C=C/c4ccccc4)cc3)nc3c4cccnc4c4ncccc4c32)nn1.[Ru].c1ccc(-c2ccccn2)nc1.c1ccc(-c2ccccn2)nc1. The van der Waals surface area contributed by atoms with Gasteiger partial charge in [-0.1, -0.05) is 96.2 Å². The van der Waals surface area contributed by atoms with Crippen LogP contribution in [0.5, 0.6) is 0 Å². The van der Waals surface area contributed by atoms with Crippen molar-refractivity contribution in [2.24, 2.45) is 0 Å². The molecule has 3 atom stereocenters. The van der Waals surface area contributed by atoms with Crippen LogP contribution in [0.1, 0.15) is 36.6 Å². The first kappa shape index (κ1) is 54.9. The van der Waals surface area contributed by atoms with Gasteiger partial charge in [-0.2, -0.15) is 0 Å². The predicted molar refractivity (Wildman–Crippen MR) is 307 cm³/mol. The summed E-state index contributed by atoms with van der Waals surface area (Å²) in [6.07, 6.45) is 16.9. The maximum Gasteiger partial charge on any atom is 0.330 e. The molecule has 1 saturated heterocycles. The Balaban J connectivity index is 0.000000240. The van der Waals surface area contributed by atoms with Gasteiger partial charge >= 0.3 is 5.69 Å². The van der Waals surface area contributed by atoms with Crippen molar-refractivity contribution in [3.05, 3.63) is 233 Å². The van der Waals surface area contributed by atoms with Gasteiger partial charge in [0.25, 0.3) is 5.56 Å². The van der Waals surface area contributed by atoms with Crippen molar-refractivity contribution in [1.29, 1.82) is 0 Å². The zero-order valence-corrected chi connectivity index (χ0v) is 45.3. The molecule has 19 heteroatoms. The fourth-order valence-electron chi connectivity index (χ4n) is 9.49. The summed E-state index contributed by atoms with van der Waals surface area (Å²) in [7, 11) is 0. The molecule has 18 nitrogen and oxygen atoms in total. The van der Waals surface area contributed by atoms with Gasteiger partial charge in [0.2, 0.25) is 0 Å². The van der Waals surface area contributed by atoms with Gasteiger partial charge in [0.15, 0.2) is 0 Å². The second kappa shape index (κ2) is 26.0. The number of nitrogens with one attached hydrogen (secondary N) is 1. The summed E-state index contributed by atoms with van der Waals surface area (Å²) in [5, 5.41) is 30.1. The average molecular weight is 1160 g/mol. The van der Waals surface area contributed by atoms with Crippen molar-refractivity contribution in [2.75, 3.05) is 6.61 Å². The van der Waals surface area contributed by atoms with Crippen LogP contribution in [-0.4, -0.2) is 93.0 Å². The van der Waals surface area contributed by atoms with E-state index in [4.69, 9.17) is 19.7 Å². The van der Waals surface area contributed by atoms with Crippen molar-refractivity contribution in [1.82, 2.24) is 64.0 Å². The molecule has 404 valence electrons. The van der Waals surface area contributed by atoms with E-state index in [9.17, 15) is 19.8 Å². The number of unbranched alkanes of at least 4 members (excludes halogenated alkanes) is 1. The molecule has 3 aromatic carbocycles. The van der Waals surface area contributed by atoms with E-state index in [2.05, 4.69) is 94.4 Å². The molecule has 1 aliphatic heterocycles. The quantitative estimate of drug-likeness (QED) is 0.0423. The molecule has 0 spiro atoms. The fourth-order valence-corrected chi connectivity index (χ4v) is 9.49. The first-order chi connectivity index (χ1) is 39.4. The van der Waals surface area contributed by atoms with Crippen molar-refractivity contribution >= 4 is 45.0 Å². The molecule has 12 aromatic rings. The Morgan fingerprint density at radius 1 is 0.580 bits per heavy atom. The largest absolute Gasteiger partial charge is 0.394 e. The number of aromatic nitrogens is 13. The van der Waals surface area contributed by atoms with E-state index in [1.165, 1.54) is 10.8 Å². The van der Waals surface area contributed by atoms with E-state index < -0.39 is 36.3 Å². The van der Waals surface area contributed by atoms with Crippen LogP contribution >= 0.6 is 0 Å². The summed E-state index contributed by atoms with van der Waals surface area (Å²) in [5.41, 5.74) is 9.51. The molecule has 81 heavy (non-hydrogen) atoms. The third-order valence-corrected chi connectivity index (χ3v) is 13.4. The molecule has 3 N–H and O–H groups in total. The molecule has 1 unspecified atom stereocenters. The summed E-state index contributed by atoms with van der Waals surface area (Å²) in [5.74, 6) is 0.849. The molecule has 1 fully saturated rings. The zero-order chi connectivity index (χ0) is 54.6. The van der Waals surface area contributed by atoms with E-state index >= 15 is 0 Å². The molecule has 1 aliphatic rings.